The fourth-order valence-electron chi connectivity index (χ4n) is 0.303. The third-order valence-corrected chi connectivity index (χ3v) is 1.79. The summed E-state index contributed by atoms with van der Waals surface area (Å²) in [5.41, 5.74) is 0. The van der Waals surface area contributed by atoms with Crippen molar-refractivity contribution in [3.8, 4) is 0 Å². The van der Waals surface area contributed by atoms with E-state index < -0.39 is 13.3 Å². The van der Waals surface area contributed by atoms with E-state index in [4.69, 9.17) is 10.00 Å². The second kappa shape index (κ2) is 4.93. The van der Waals surface area contributed by atoms with Crippen LogP contribution in [0.15, 0.2) is 0 Å². The molecule has 0 aliphatic carbocycles. The van der Waals surface area contributed by atoms with Crippen LogP contribution in [-0.2, 0) is 9.36 Å². The topological polar surface area (TPSA) is 74.6 Å². The highest BCUT2D eigenvalue weighted by Gasteiger charge is 2.10. The van der Waals surface area contributed by atoms with Gasteiger partial charge in [0.2, 0.25) is 0 Å². The molecular formula is C4H12AlO4P. The van der Waals surface area contributed by atoms with Crippen LogP contribution in [0.1, 0.15) is 6.42 Å². The Labute approximate surface area is 69.8 Å². The van der Waals surface area contributed by atoms with E-state index in [9.17, 15) is 9.36 Å². The van der Waals surface area contributed by atoms with Crippen molar-refractivity contribution in [2.24, 2.45) is 0 Å². The lowest BCUT2D eigenvalue weighted by molar-refractivity contribution is -0.136. The predicted octanol–water partition coefficient (Wildman–Crippen LogP) is -0.823. The summed E-state index contributed by atoms with van der Waals surface area (Å²) in [7, 11) is -3.10. The molecule has 1 atom stereocenters. The van der Waals surface area contributed by atoms with E-state index in [0.29, 0.717) is 0 Å². The molecule has 2 N–H and O–H groups in total. The quantitative estimate of drug-likeness (QED) is 0.441. The number of hydrogen-bond acceptors (Lipinski definition) is 2. The van der Waals surface area contributed by atoms with E-state index in [0.717, 1.165) is 6.66 Å². The summed E-state index contributed by atoms with van der Waals surface area (Å²) in [5, 5.41) is 8.04. The van der Waals surface area contributed by atoms with Crippen molar-refractivity contribution in [3.63, 3.8) is 0 Å². The van der Waals surface area contributed by atoms with E-state index in [2.05, 4.69) is 0 Å². The molecule has 0 spiro atoms. The maximum Gasteiger partial charge on any atom is 0.303 e. The maximum atomic E-state index is 10.4. The highest BCUT2D eigenvalue weighted by atomic mass is 31.2. The molecular weight excluding hydrogens is 170 g/mol. The summed E-state index contributed by atoms with van der Waals surface area (Å²) in [4.78, 5) is 18.4. The van der Waals surface area contributed by atoms with Crippen LogP contribution in [-0.4, -0.2) is 46.2 Å². The first-order chi connectivity index (χ1) is 3.92. The SMILES string of the molecule is CP(=O)(O)CCC(=O)O.[AlH3]. The van der Waals surface area contributed by atoms with Crippen LogP contribution in [0.2, 0.25) is 0 Å². The first-order valence-electron chi connectivity index (χ1n) is 2.43. The minimum Gasteiger partial charge on any atom is -0.481 e. The van der Waals surface area contributed by atoms with Crippen LogP contribution in [0.4, 0.5) is 0 Å². The fraction of sp³-hybridized carbons (Fsp3) is 0.750. The summed E-state index contributed by atoms with van der Waals surface area (Å²) < 4.78 is 10.4. The van der Waals surface area contributed by atoms with Gasteiger partial charge in [-0.3, -0.25) is 9.36 Å². The molecule has 0 radical (unpaired) electrons. The highest BCUT2D eigenvalue weighted by molar-refractivity contribution is 7.57. The standard InChI is InChI=1S/C4H9O4P.Al.3H/c1-9(7,8)3-2-4(5)6;;;;/h2-3H2,1H3,(H,5,6)(H,7,8);;;;. The van der Waals surface area contributed by atoms with Crippen molar-refractivity contribution in [1.29, 1.82) is 0 Å². The molecule has 0 aliphatic rings. The Kier molecular flexibility index (Phi) is 6.32. The summed E-state index contributed by atoms with van der Waals surface area (Å²) >= 11 is 0. The van der Waals surface area contributed by atoms with E-state index >= 15 is 0 Å². The molecule has 0 amide bonds. The van der Waals surface area contributed by atoms with Crippen molar-refractivity contribution in [3.05, 3.63) is 0 Å². The van der Waals surface area contributed by atoms with Crippen LogP contribution in [0.5, 0.6) is 0 Å². The zero-order valence-corrected chi connectivity index (χ0v) is 5.97. The number of carboxylic acids is 1. The summed E-state index contributed by atoms with van der Waals surface area (Å²) in [6, 6.07) is 0. The van der Waals surface area contributed by atoms with Gasteiger partial charge in [-0.25, -0.2) is 0 Å². The Morgan fingerprint density at radius 3 is 2.10 bits per heavy atom. The molecule has 4 nitrogen and oxygen atoms in total. The maximum absolute atomic E-state index is 10.4. The van der Waals surface area contributed by atoms with Gasteiger partial charge in [-0.1, -0.05) is 0 Å². The van der Waals surface area contributed by atoms with Crippen LogP contribution in [0.25, 0.3) is 0 Å². The normalized spacial score (nSPS) is 15.0. The van der Waals surface area contributed by atoms with Gasteiger partial charge in [0.25, 0.3) is 0 Å². The number of carboxylic acid groups (broad SMARTS) is 1. The van der Waals surface area contributed by atoms with Gasteiger partial charge in [0, 0.05) is 12.8 Å². The number of aliphatic carboxylic acids is 1. The molecule has 0 rings (SSSR count). The molecule has 10 heavy (non-hydrogen) atoms. The van der Waals surface area contributed by atoms with Crippen LogP contribution >= 0.6 is 7.37 Å². The van der Waals surface area contributed by atoms with Crippen molar-refractivity contribution in [2.45, 2.75) is 6.42 Å². The molecule has 6 heteroatoms. The van der Waals surface area contributed by atoms with E-state index in [1.807, 2.05) is 0 Å². The van der Waals surface area contributed by atoms with E-state index in [1.165, 1.54) is 0 Å². The largest absolute Gasteiger partial charge is 0.481 e. The van der Waals surface area contributed by atoms with Gasteiger partial charge >= 0.3 is 5.97 Å². The van der Waals surface area contributed by atoms with Crippen molar-refractivity contribution < 1.29 is 19.4 Å². The second-order valence-corrected chi connectivity index (χ2v) is 4.47. The third kappa shape index (κ3) is 11.1. The third-order valence-electron chi connectivity index (χ3n) is 0.741. The summed E-state index contributed by atoms with van der Waals surface area (Å²) in [6.07, 6.45) is -0.368. The van der Waals surface area contributed by atoms with Crippen LogP contribution in [0.3, 0.4) is 0 Å². The Morgan fingerprint density at radius 2 is 2.00 bits per heavy atom. The molecule has 0 fully saturated rings. The van der Waals surface area contributed by atoms with Gasteiger partial charge in [-0.15, -0.1) is 0 Å². The first-order valence-corrected chi connectivity index (χ1v) is 4.72. The average Bonchev–Trinajstić information content (AvgIpc) is 1.59. The minimum atomic E-state index is -3.10. The molecule has 0 heterocycles. The molecule has 60 valence electrons. The van der Waals surface area contributed by atoms with Crippen LogP contribution in [0, 0.1) is 0 Å². The van der Waals surface area contributed by atoms with Gasteiger partial charge in [0.1, 0.15) is 0 Å². The molecule has 0 aromatic rings. The lowest BCUT2D eigenvalue weighted by Gasteiger charge is -1.99. The Balaban J connectivity index is 0. The highest BCUT2D eigenvalue weighted by Crippen LogP contribution is 2.35. The lowest BCUT2D eigenvalue weighted by Crippen LogP contribution is -1.98. The molecule has 0 saturated carbocycles. The smallest absolute Gasteiger partial charge is 0.303 e. The number of hydrogen-bond donors (Lipinski definition) is 2. The van der Waals surface area contributed by atoms with Gasteiger partial charge in [-0.2, -0.15) is 0 Å². The van der Waals surface area contributed by atoms with E-state index in [-0.39, 0.29) is 29.9 Å². The van der Waals surface area contributed by atoms with Gasteiger partial charge in [0.15, 0.2) is 24.7 Å². The Hall–Kier alpha value is 0.192. The van der Waals surface area contributed by atoms with Crippen molar-refractivity contribution >= 4 is 30.7 Å². The summed E-state index contributed by atoms with van der Waals surface area (Å²) in [5.74, 6) is -1.04. The lowest BCUT2D eigenvalue weighted by atomic mass is 10.5. The zero-order valence-electron chi connectivity index (χ0n) is 5.07. The predicted molar refractivity (Wildman–Crippen MR) is 42.8 cm³/mol. The van der Waals surface area contributed by atoms with Crippen molar-refractivity contribution in [1.82, 2.24) is 0 Å². The molecule has 1 unspecified atom stereocenters. The Bertz CT molecular complexity index is 151. The average molecular weight is 182 g/mol. The molecule has 0 aliphatic heterocycles. The van der Waals surface area contributed by atoms with Gasteiger partial charge < -0.3 is 10.00 Å². The molecule has 0 aromatic carbocycles. The molecule has 0 aromatic heterocycles. The fourth-order valence-corrected chi connectivity index (χ4v) is 0.909. The first kappa shape index (κ1) is 12.8. The minimum absolute atomic E-state index is 0. The number of rotatable bonds is 3. The van der Waals surface area contributed by atoms with Crippen molar-refractivity contribution in [2.75, 3.05) is 12.8 Å². The molecule has 0 saturated heterocycles. The number of carbonyl (C=O) groups is 1. The zero-order chi connectivity index (χ0) is 7.49. The van der Waals surface area contributed by atoms with E-state index in [1.54, 1.807) is 0 Å². The van der Waals surface area contributed by atoms with Crippen LogP contribution < -0.4 is 0 Å². The second-order valence-electron chi connectivity index (χ2n) is 1.92. The van der Waals surface area contributed by atoms with Gasteiger partial charge in [0.05, 0.1) is 6.42 Å². The molecule has 0 bridgehead atoms. The Morgan fingerprint density at radius 1 is 1.60 bits per heavy atom. The monoisotopic (exact) mass is 182 g/mol. The summed E-state index contributed by atoms with van der Waals surface area (Å²) in [6.45, 7) is 1.15. The van der Waals surface area contributed by atoms with Gasteiger partial charge in [-0.05, 0) is 0 Å².